The molecular formula is C20H19N7O3. The Morgan fingerprint density at radius 3 is 2.67 bits per heavy atom. The first-order valence-electron chi connectivity index (χ1n) is 9.58. The molecule has 0 radical (unpaired) electrons. The van der Waals surface area contributed by atoms with E-state index in [4.69, 9.17) is 19.9 Å². The molecule has 0 aromatic carbocycles. The first-order chi connectivity index (χ1) is 14.7. The number of rotatable bonds is 5. The number of hydrogen-bond donors (Lipinski definition) is 1. The van der Waals surface area contributed by atoms with Gasteiger partial charge in [-0.2, -0.15) is 14.7 Å². The summed E-state index contributed by atoms with van der Waals surface area (Å²) in [6, 6.07) is 9.34. The Kier molecular flexibility index (Phi) is 4.60. The fraction of sp³-hybridized carbons (Fsp3) is 0.250. The number of pyridine rings is 1. The molecular weight excluding hydrogens is 386 g/mol. The smallest absolute Gasteiger partial charge is 0.309 e. The maximum absolute atomic E-state index is 11.0. The number of ether oxygens (including phenoxy) is 1. The lowest BCUT2D eigenvalue weighted by Gasteiger charge is -2.29. The van der Waals surface area contributed by atoms with Crippen LogP contribution in [0.25, 0.3) is 22.7 Å². The maximum atomic E-state index is 11.0. The van der Waals surface area contributed by atoms with Crippen LogP contribution in [0.15, 0.2) is 48.9 Å². The molecule has 5 rings (SSSR count). The molecule has 10 nitrogen and oxygen atoms in total. The van der Waals surface area contributed by atoms with Gasteiger partial charge in [0.15, 0.2) is 11.5 Å². The molecule has 0 unspecified atom stereocenters. The van der Waals surface area contributed by atoms with E-state index in [1.165, 1.54) is 0 Å². The van der Waals surface area contributed by atoms with Gasteiger partial charge < -0.3 is 14.7 Å². The van der Waals surface area contributed by atoms with E-state index in [0.717, 1.165) is 30.2 Å². The molecule has 0 aliphatic carbocycles. The van der Waals surface area contributed by atoms with Crippen molar-refractivity contribution in [3.8, 4) is 17.1 Å². The fourth-order valence-corrected chi connectivity index (χ4v) is 3.48. The van der Waals surface area contributed by atoms with Crippen molar-refractivity contribution in [2.24, 2.45) is 0 Å². The van der Waals surface area contributed by atoms with Gasteiger partial charge in [-0.15, -0.1) is 0 Å². The highest BCUT2D eigenvalue weighted by Crippen LogP contribution is 2.25. The third-order valence-electron chi connectivity index (χ3n) is 4.92. The van der Waals surface area contributed by atoms with Crippen LogP contribution in [0.4, 0.5) is 5.82 Å². The Morgan fingerprint density at radius 2 is 1.90 bits per heavy atom. The lowest BCUT2D eigenvalue weighted by molar-refractivity contribution is -0.136. The van der Waals surface area contributed by atoms with Crippen molar-refractivity contribution in [3.05, 3.63) is 54.6 Å². The Labute approximate surface area is 171 Å². The number of aliphatic carboxylic acids is 1. The number of morpholine rings is 1. The van der Waals surface area contributed by atoms with Gasteiger partial charge in [-0.05, 0) is 18.2 Å². The number of carboxylic acid groups (broad SMARTS) is 1. The minimum atomic E-state index is -0.921. The molecule has 1 fully saturated rings. The fourth-order valence-electron chi connectivity index (χ4n) is 3.48. The average Bonchev–Trinajstić information content (AvgIpc) is 3.41. The van der Waals surface area contributed by atoms with Crippen molar-refractivity contribution < 1.29 is 14.6 Å². The second-order valence-corrected chi connectivity index (χ2v) is 6.93. The number of carbonyl (C=O) groups is 1. The van der Waals surface area contributed by atoms with Crippen LogP contribution in [0.5, 0.6) is 0 Å². The van der Waals surface area contributed by atoms with Crippen molar-refractivity contribution in [1.29, 1.82) is 0 Å². The zero-order chi connectivity index (χ0) is 20.5. The molecule has 5 heterocycles. The number of carboxylic acids is 1. The summed E-state index contributed by atoms with van der Waals surface area (Å²) in [5.74, 6) is 0.561. The molecule has 1 aliphatic heterocycles. The molecule has 0 atom stereocenters. The minimum Gasteiger partial charge on any atom is -0.481 e. The van der Waals surface area contributed by atoms with Crippen molar-refractivity contribution >= 4 is 17.4 Å². The van der Waals surface area contributed by atoms with Crippen LogP contribution >= 0.6 is 0 Å². The first kappa shape index (κ1) is 18.3. The highest BCUT2D eigenvalue weighted by Gasteiger charge is 2.19. The topological polar surface area (TPSA) is 111 Å². The van der Waals surface area contributed by atoms with Gasteiger partial charge in [0.05, 0.1) is 31.0 Å². The Balaban J connectivity index is 1.63. The molecule has 1 saturated heterocycles. The molecule has 4 aromatic rings. The van der Waals surface area contributed by atoms with Crippen LogP contribution in [0.1, 0.15) is 5.69 Å². The monoisotopic (exact) mass is 405 g/mol. The first-order valence-corrected chi connectivity index (χ1v) is 9.58. The van der Waals surface area contributed by atoms with E-state index in [0.29, 0.717) is 30.4 Å². The molecule has 4 aromatic heterocycles. The summed E-state index contributed by atoms with van der Waals surface area (Å²) >= 11 is 0. The molecule has 1 aliphatic rings. The molecule has 0 amide bonds. The third-order valence-corrected chi connectivity index (χ3v) is 4.92. The van der Waals surface area contributed by atoms with E-state index < -0.39 is 5.97 Å². The van der Waals surface area contributed by atoms with Crippen molar-refractivity contribution in [2.75, 3.05) is 31.2 Å². The van der Waals surface area contributed by atoms with Crippen molar-refractivity contribution in [1.82, 2.24) is 29.4 Å². The van der Waals surface area contributed by atoms with Gasteiger partial charge in [-0.3, -0.25) is 9.78 Å². The third kappa shape index (κ3) is 3.48. The molecule has 1 N–H and O–H groups in total. The predicted octanol–water partition coefficient (Wildman–Crippen LogP) is 1.44. The summed E-state index contributed by atoms with van der Waals surface area (Å²) in [7, 11) is 0. The normalized spacial score (nSPS) is 14.3. The van der Waals surface area contributed by atoms with E-state index in [1.807, 2.05) is 28.8 Å². The highest BCUT2D eigenvalue weighted by molar-refractivity contribution is 5.69. The van der Waals surface area contributed by atoms with Crippen LogP contribution < -0.4 is 4.90 Å². The molecule has 0 spiro atoms. The van der Waals surface area contributed by atoms with Crippen molar-refractivity contribution in [3.63, 3.8) is 0 Å². The van der Waals surface area contributed by atoms with E-state index in [1.54, 1.807) is 29.3 Å². The zero-order valence-corrected chi connectivity index (χ0v) is 16.0. The standard InChI is InChI=1S/C20H19N7O3/c28-20(29)11-15-3-6-26(23-15)17-13-19(25-7-9-30-10-8-25)27-18(22-17)12-16(24-27)14-1-4-21-5-2-14/h1-6,12-13H,7-11H2,(H,28,29). The van der Waals surface area contributed by atoms with Gasteiger partial charge in [-0.25, -0.2) is 9.67 Å². The van der Waals surface area contributed by atoms with Gasteiger partial charge in [0.2, 0.25) is 0 Å². The second-order valence-electron chi connectivity index (χ2n) is 6.93. The van der Waals surface area contributed by atoms with E-state index in [2.05, 4.69) is 15.0 Å². The molecule has 30 heavy (non-hydrogen) atoms. The largest absolute Gasteiger partial charge is 0.481 e. The summed E-state index contributed by atoms with van der Waals surface area (Å²) in [5.41, 5.74) is 2.90. The Bertz CT molecular complexity index is 1200. The predicted molar refractivity (Wildman–Crippen MR) is 108 cm³/mol. The second kappa shape index (κ2) is 7.56. The van der Waals surface area contributed by atoms with Gasteiger partial charge >= 0.3 is 5.97 Å². The Morgan fingerprint density at radius 1 is 1.10 bits per heavy atom. The highest BCUT2D eigenvalue weighted by atomic mass is 16.5. The summed E-state index contributed by atoms with van der Waals surface area (Å²) in [6.07, 6.45) is 5.05. The lowest BCUT2D eigenvalue weighted by atomic mass is 10.2. The molecule has 0 saturated carbocycles. The number of fused-ring (bicyclic) bond motifs is 1. The summed E-state index contributed by atoms with van der Waals surface area (Å²) in [6.45, 7) is 2.77. The summed E-state index contributed by atoms with van der Waals surface area (Å²) in [4.78, 5) is 22.0. The zero-order valence-electron chi connectivity index (χ0n) is 16.0. The lowest BCUT2D eigenvalue weighted by Crippen LogP contribution is -2.37. The molecule has 10 heteroatoms. The minimum absolute atomic E-state index is 0.134. The van der Waals surface area contributed by atoms with E-state index in [-0.39, 0.29) is 6.42 Å². The Hall–Kier alpha value is -3.79. The quantitative estimate of drug-likeness (QED) is 0.531. The van der Waals surface area contributed by atoms with Crippen LogP contribution in [-0.4, -0.2) is 66.7 Å². The van der Waals surface area contributed by atoms with Crippen LogP contribution in [0.3, 0.4) is 0 Å². The van der Waals surface area contributed by atoms with Crippen LogP contribution in [0, 0.1) is 0 Å². The number of nitrogens with zero attached hydrogens (tertiary/aromatic N) is 7. The van der Waals surface area contributed by atoms with Crippen LogP contribution in [0.2, 0.25) is 0 Å². The van der Waals surface area contributed by atoms with Crippen LogP contribution in [-0.2, 0) is 16.0 Å². The summed E-state index contributed by atoms with van der Waals surface area (Å²) < 4.78 is 8.92. The molecule has 152 valence electrons. The SMILES string of the molecule is O=C(O)Cc1ccn(-c2cc(N3CCOCC3)n3nc(-c4ccncc4)cc3n2)n1. The van der Waals surface area contributed by atoms with Gasteiger partial charge in [0, 0.05) is 49.4 Å². The van der Waals surface area contributed by atoms with Gasteiger partial charge in [0.1, 0.15) is 5.82 Å². The summed E-state index contributed by atoms with van der Waals surface area (Å²) in [5, 5.41) is 18.2. The number of hydrogen-bond acceptors (Lipinski definition) is 7. The van der Waals surface area contributed by atoms with Gasteiger partial charge in [-0.1, -0.05) is 0 Å². The number of aromatic nitrogens is 6. The molecule has 0 bridgehead atoms. The maximum Gasteiger partial charge on any atom is 0.309 e. The van der Waals surface area contributed by atoms with Crippen molar-refractivity contribution in [2.45, 2.75) is 6.42 Å². The average molecular weight is 405 g/mol. The van der Waals surface area contributed by atoms with E-state index in [9.17, 15) is 4.79 Å². The number of anilines is 1. The van der Waals surface area contributed by atoms with E-state index >= 15 is 0 Å². The van der Waals surface area contributed by atoms with Gasteiger partial charge in [0.25, 0.3) is 0 Å².